The average Bonchev–Trinajstić information content (AvgIpc) is 1.82. The smallest absolute Gasteiger partial charge is 1.00 e. The van der Waals surface area contributed by atoms with Gasteiger partial charge in [-0.1, -0.05) is 0 Å². The van der Waals surface area contributed by atoms with Gasteiger partial charge in [0.25, 0.3) is 0 Å². The van der Waals surface area contributed by atoms with E-state index in [9.17, 15) is 14.4 Å². The summed E-state index contributed by atoms with van der Waals surface area (Å²) in [4.78, 5) is 30.5. The molecule has 0 aromatic carbocycles. The fourth-order valence-electron chi connectivity index (χ4n) is 0.714. The molecule has 0 bridgehead atoms. The van der Waals surface area contributed by atoms with Crippen LogP contribution in [0.2, 0.25) is 0 Å². The van der Waals surface area contributed by atoms with Crippen LogP contribution in [0.4, 0.5) is 0 Å². The van der Waals surface area contributed by atoms with E-state index in [2.05, 4.69) is 0 Å². The minimum Gasteiger partial charge on any atom is -1.00 e. The van der Waals surface area contributed by atoms with Gasteiger partial charge in [0.15, 0.2) is 5.60 Å². The summed E-state index contributed by atoms with van der Waals surface area (Å²) in [6.45, 7) is 0. The number of rotatable bonds is 5. The fraction of sp³-hybridized carbons (Fsp3) is 0.500. The minimum absolute atomic E-state index is 0. The van der Waals surface area contributed by atoms with E-state index in [0.717, 1.165) is 0 Å². The Hall–Kier alpha value is 1.29. The molecular weight excluding hydrogens is 285 g/mol. The zero-order chi connectivity index (χ0) is 10.6. The Bertz CT molecular complexity index is 253. The zero-order valence-corrected chi connectivity index (χ0v) is 16.4. The predicted octanol–water partition coefficient (Wildman–Crippen LogP) is -11.5. The summed E-state index contributed by atoms with van der Waals surface area (Å²) < 4.78 is 0. The second-order valence-corrected chi connectivity index (χ2v) is 2.48. The third kappa shape index (κ3) is 15.3. The molecule has 0 unspecified atom stereocenters. The van der Waals surface area contributed by atoms with E-state index in [1.54, 1.807) is 0 Å². The largest absolute Gasteiger partial charge is 1.00 e. The van der Waals surface area contributed by atoms with Crippen LogP contribution in [-0.2, 0) is 14.4 Å². The molecule has 0 aromatic rings. The van der Waals surface area contributed by atoms with Crippen molar-refractivity contribution in [3.05, 3.63) is 0 Å². The van der Waals surface area contributed by atoms with Crippen LogP contribution in [-0.4, -0.2) is 54.9 Å². The normalized spacial score (nSPS) is 7.83. The molecular formula is C6H15Na3O9. The van der Waals surface area contributed by atoms with Crippen LogP contribution in [0.5, 0.6) is 0 Å². The van der Waals surface area contributed by atoms with Crippen molar-refractivity contribution >= 4 is 17.9 Å². The van der Waals surface area contributed by atoms with E-state index in [4.69, 9.17) is 20.4 Å². The first-order chi connectivity index (χ1) is 5.78. The second kappa shape index (κ2) is 16.3. The predicted molar refractivity (Wildman–Crippen MR) is 47.7 cm³/mol. The van der Waals surface area contributed by atoms with Crippen molar-refractivity contribution in [1.29, 1.82) is 0 Å². The Kier molecular flexibility index (Phi) is 33.2. The maximum absolute atomic E-state index is 10.3. The van der Waals surface area contributed by atoms with Gasteiger partial charge in [-0.25, -0.2) is 4.79 Å². The summed E-state index contributed by atoms with van der Waals surface area (Å²) >= 11 is 0. The molecule has 0 aliphatic carbocycles. The number of aliphatic hydroxyl groups is 1. The van der Waals surface area contributed by atoms with E-state index in [0.29, 0.717) is 0 Å². The summed E-state index contributed by atoms with van der Waals surface area (Å²) in [5, 5.41) is 33.8. The molecule has 0 aliphatic heterocycles. The van der Waals surface area contributed by atoms with Crippen molar-refractivity contribution in [2.24, 2.45) is 0 Å². The first-order valence-corrected chi connectivity index (χ1v) is 3.17. The van der Waals surface area contributed by atoms with Gasteiger partial charge in [0.05, 0.1) is 12.8 Å². The molecule has 0 saturated carbocycles. The summed E-state index contributed by atoms with van der Waals surface area (Å²) in [5.41, 5.74) is -2.74. The quantitative estimate of drug-likeness (QED) is 0.361. The van der Waals surface area contributed by atoms with Crippen molar-refractivity contribution < 1.29 is 139 Å². The van der Waals surface area contributed by atoms with Crippen molar-refractivity contribution in [3.8, 4) is 0 Å². The standard InChI is InChI=1S/C6H8O7.3Na.2H2O.3H/c7-3(8)1-6(13,5(11)12)2-4(9)10;;;;;;;;/h13H,1-2H2,(H,7,8)(H,9,10)(H,11,12);;;;2*1H2;;;/q;3*+1;;;3*-1. The molecule has 0 aliphatic rings. The molecule has 0 radical (unpaired) electrons. The van der Waals surface area contributed by atoms with E-state index in [1.807, 2.05) is 0 Å². The second-order valence-electron chi connectivity index (χ2n) is 2.48. The fourth-order valence-corrected chi connectivity index (χ4v) is 0.714. The van der Waals surface area contributed by atoms with Crippen LogP contribution in [0.1, 0.15) is 17.1 Å². The maximum Gasteiger partial charge on any atom is 1.00 e. The van der Waals surface area contributed by atoms with Crippen LogP contribution in [0.3, 0.4) is 0 Å². The van der Waals surface area contributed by atoms with Crippen LogP contribution in [0.25, 0.3) is 0 Å². The number of hydrogen-bond acceptors (Lipinski definition) is 4. The minimum atomic E-state index is -2.74. The molecule has 96 valence electrons. The summed E-state index contributed by atoms with van der Waals surface area (Å²) in [5.74, 6) is -5.02. The first-order valence-electron chi connectivity index (χ1n) is 3.17. The van der Waals surface area contributed by atoms with Gasteiger partial charge < -0.3 is 35.7 Å². The van der Waals surface area contributed by atoms with Crippen molar-refractivity contribution in [2.45, 2.75) is 18.4 Å². The number of carboxylic acid groups (broad SMARTS) is 3. The third-order valence-electron chi connectivity index (χ3n) is 1.29. The number of aliphatic carboxylic acids is 3. The van der Waals surface area contributed by atoms with Crippen molar-refractivity contribution in [2.75, 3.05) is 0 Å². The molecule has 0 saturated heterocycles. The molecule has 18 heavy (non-hydrogen) atoms. The van der Waals surface area contributed by atoms with E-state index >= 15 is 0 Å². The molecule has 0 rings (SSSR count). The molecule has 0 heterocycles. The van der Waals surface area contributed by atoms with Gasteiger partial charge in [-0.05, 0) is 0 Å². The Morgan fingerprint density at radius 1 is 0.833 bits per heavy atom. The summed E-state index contributed by atoms with van der Waals surface area (Å²) in [7, 11) is 0. The zero-order valence-electron chi connectivity index (χ0n) is 13.4. The van der Waals surface area contributed by atoms with Gasteiger partial charge in [-0.2, -0.15) is 0 Å². The van der Waals surface area contributed by atoms with E-state index in [1.165, 1.54) is 0 Å². The SMILES string of the molecule is O.O.O=C(O)CC(O)(CC(=O)O)C(=O)O.[H-].[H-].[H-].[Na+].[Na+].[Na+]. The number of hydrogen-bond donors (Lipinski definition) is 4. The van der Waals surface area contributed by atoms with Crippen molar-refractivity contribution in [3.63, 3.8) is 0 Å². The molecule has 0 atom stereocenters. The molecule has 0 spiro atoms. The molecule has 0 aromatic heterocycles. The molecule has 8 N–H and O–H groups in total. The number of carbonyl (C=O) groups is 3. The van der Waals surface area contributed by atoms with Gasteiger partial charge in [0.1, 0.15) is 0 Å². The number of carboxylic acids is 3. The molecule has 0 fully saturated rings. The molecule has 12 heteroatoms. The Morgan fingerprint density at radius 3 is 1.17 bits per heavy atom. The van der Waals surface area contributed by atoms with Crippen molar-refractivity contribution in [1.82, 2.24) is 0 Å². The topological polar surface area (TPSA) is 195 Å². The average molecular weight is 300 g/mol. The van der Waals surface area contributed by atoms with Crippen LogP contribution in [0, 0.1) is 0 Å². The summed E-state index contributed by atoms with van der Waals surface area (Å²) in [6, 6.07) is 0. The van der Waals surface area contributed by atoms with Gasteiger partial charge >= 0.3 is 107 Å². The molecule has 0 amide bonds. The molecule has 9 nitrogen and oxygen atoms in total. The first kappa shape index (κ1) is 36.5. The Balaban J connectivity index is -0.0000000257. The Labute approximate surface area is 173 Å². The monoisotopic (exact) mass is 300 g/mol. The maximum atomic E-state index is 10.3. The van der Waals surface area contributed by atoms with Gasteiger partial charge in [0.2, 0.25) is 0 Å². The van der Waals surface area contributed by atoms with Crippen LogP contribution >= 0.6 is 0 Å². The van der Waals surface area contributed by atoms with E-state index in [-0.39, 0.29) is 104 Å². The van der Waals surface area contributed by atoms with E-state index < -0.39 is 36.4 Å². The summed E-state index contributed by atoms with van der Waals surface area (Å²) in [6.07, 6.45) is -2.29. The van der Waals surface area contributed by atoms with Crippen LogP contribution < -0.4 is 88.7 Å². The Morgan fingerprint density at radius 2 is 1.06 bits per heavy atom. The third-order valence-corrected chi connectivity index (χ3v) is 1.29. The van der Waals surface area contributed by atoms with Gasteiger partial charge in [-0.15, -0.1) is 0 Å². The van der Waals surface area contributed by atoms with Crippen LogP contribution in [0.15, 0.2) is 0 Å². The van der Waals surface area contributed by atoms with Gasteiger partial charge in [0, 0.05) is 0 Å². The van der Waals surface area contributed by atoms with Gasteiger partial charge in [-0.3, -0.25) is 9.59 Å².